The topological polar surface area (TPSA) is 55.1 Å². The third kappa shape index (κ3) is 6.24. The Kier molecular flexibility index (Phi) is 5.94. The smallest absolute Gasteiger partial charge is 0.224 e. The molecule has 0 aromatic heterocycles. The summed E-state index contributed by atoms with van der Waals surface area (Å²) in [6.07, 6.45) is 1.81. The van der Waals surface area contributed by atoms with Crippen LogP contribution in [0.4, 0.5) is 0 Å². The minimum atomic E-state index is -0.00439. The normalized spacial score (nSPS) is 9.94. The average Bonchev–Trinajstić information content (AvgIpc) is 2.27. The third-order valence-electron chi connectivity index (χ3n) is 2.20. The fraction of sp³-hybridized carbons (Fsp3) is 0.333. The zero-order chi connectivity index (χ0) is 12.7. The van der Waals surface area contributed by atoms with E-state index in [1.807, 2.05) is 12.1 Å². The standard InChI is InChI=1S/C12H15ClN2OS/c13-10-5-3-9(4-6-10)8-12(16)15-7-1-2-11(14)17/h3-6H,1-2,7-8H2,(H2,14,17)(H,15,16). The minimum Gasteiger partial charge on any atom is -0.393 e. The largest absolute Gasteiger partial charge is 0.393 e. The molecule has 0 spiro atoms. The highest BCUT2D eigenvalue weighted by atomic mass is 35.5. The predicted octanol–water partition coefficient (Wildman–Crippen LogP) is 2.06. The van der Waals surface area contributed by atoms with Crippen LogP contribution in [0.25, 0.3) is 0 Å². The lowest BCUT2D eigenvalue weighted by atomic mass is 10.1. The number of nitrogens with one attached hydrogen (secondary N) is 1. The summed E-state index contributed by atoms with van der Waals surface area (Å²) in [5.41, 5.74) is 6.30. The molecule has 0 saturated carbocycles. The van der Waals surface area contributed by atoms with E-state index in [1.54, 1.807) is 12.1 Å². The predicted molar refractivity (Wildman–Crippen MR) is 74.2 cm³/mol. The van der Waals surface area contributed by atoms with Crippen molar-refractivity contribution in [2.24, 2.45) is 5.73 Å². The van der Waals surface area contributed by atoms with Gasteiger partial charge in [0.25, 0.3) is 0 Å². The van der Waals surface area contributed by atoms with E-state index in [-0.39, 0.29) is 5.91 Å². The number of halogens is 1. The Balaban J connectivity index is 2.25. The zero-order valence-corrected chi connectivity index (χ0v) is 11.0. The Bertz CT molecular complexity index is 392. The molecule has 3 nitrogen and oxygen atoms in total. The van der Waals surface area contributed by atoms with Gasteiger partial charge in [-0.15, -0.1) is 0 Å². The van der Waals surface area contributed by atoms with Gasteiger partial charge in [0.05, 0.1) is 11.4 Å². The van der Waals surface area contributed by atoms with Gasteiger partial charge in [0.1, 0.15) is 0 Å². The first kappa shape index (κ1) is 13.9. The lowest BCUT2D eigenvalue weighted by Crippen LogP contribution is -2.26. The molecule has 1 aromatic carbocycles. The molecular weight excluding hydrogens is 256 g/mol. The van der Waals surface area contributed by atoms with Gasteiger partial charge in [-0.2, -0.15) is 0 Å². The molecule has 17 heavy (non-hydrogen) atoms. The molecular formula is C12H15ClN2OS. The quantitative estimate of drug-likeness (QED) is 0.615. The van der Waals surface area contributed by atoms with Crippen molar-refractivity contribution in [1.82, 2.24) is 5.32 Å². The van der Waals surface area contributed by atoms with Crippen LogP contribution in [0.1, 0.15) is 18.4 Å². The summed E-state index contributed by atoms with van der Waals surface area (Å²) in [6, 6.07) is 7.24. The molecule has 0 aliphatic carbocycles. The van der Waals surface area contributed by atoms with Crippen LogP contribution in [0, 0.1) is 0 Å². The Hall–Kier alpha value is -1.13. The number of amides is 1. The molecule has 5 heteroatoms. The van der Waals surface area contributed by atoms with E-state index in [9.17, 15) is 4.79 Å². The van der Waals surface area contributed by atoms with Crippen LogP contribution >= 0.6 is 23.8 Å². The maximum Gasteiger partial charge on any atom is 0.224 e. The lowest BCUT2D eigenvalue weighted by molar-refractivity contribution is -0.120. The number of rotatable bonds is 6. The zero-order valence-electron chi connectivity index (χ0n) is 9.41. The van der Waals surface area contributed by atoms with Gasteiger partial charge in [0.2, 0.25) is 5.91 Å². The summed E-state index contributed by atoms with van der Waals surface area (Å²) in [4.78, 5) is 12.0. The first-order valence-corrected chi connectivity index (χ1v) is 6.16. The molecule has 0 heterocycles. The van der Waals surface area contributed by atoms with E-state index >= 15 is 0 Å². The fourth-order valence-corrected chi connectivity index (χ4v) is 1.61. The Morgan fingerprint density at radius 2 is 2.00 bits per heavy atom. The van der Waals surface area contributed by atoms with Crippen LogP contribution in [-0.2, 0) is 11.2 Å². The summed E-state index contributed by atoms with van der Waals surface area (Å²) >= 11 is 10.5. The van der Waals surface area contributed by atoms with Crippen LogP contribution in [0.2, 0.25) is 5.02 Å². The van der Waals surface area contributed by atoms with Crippen LogP contribution in [-0.4, -0.2) is 17.4 Å². The third-order valence-corrected chi connectivity index (χ3v) is 2.66. The van der Waals surface area contributed by atoms with Crippen molar-refractivity contribution < 1.29 is 4.79 Å². The second-order valence-electron chi connectivity index (χ2n) is 3.72. The molecule has 1 amide bonds. The number of carbonyl (C=O) groups is 1. The van der Waals surface area contributed by atoms with Gasteiger partial charge in [-0.05, 0) is 30.5 Å². The molecule has 0 atom stereocenters. The molecule has 0 saturated heterocycles. The number of carbonyl (C=O) groups excluding carboxylic acids is 1. The van der Waals surface area contributed by atoms with Crippen molar-refractivity contribution in [2.45, 2.75) is 19.3 Å². The number of nitrogens with two attached hydrogens (primary N) is 1. The highest BCUT2D eigenvalue weighted by Gasteiger charge is 2.02. The van der Waals surface area contributed by atoms with E-state index in [2.05, 4.69) is 5.32 Å². The van der Waals surface area contributed by atoms with Gasteiger partial charge in [0, 0.05) is 11.6 Å². The monoisotopic (exact) mass is 270 g/mol. The summed E-state index contributed by atoms with van der Waals surface area (Å²) in [5, 5.41) is 3.49. The molecule has 0 fully saturated rings. The molecule has 3 N–H and O–H groups in total. The van der Waals surface area contributed by atoms with Gasteiger partial charge in [0.15, 0.2) is 0 Å². The lowest BCUT2D eigenvalue weighted by Gasteiger charge is -2.05. The second kappa shape index (κ2) is 7.25. The molecule has 0 bridgehead atoms. The Morgan fingerprint density at radius 1 is 1.35 bits per heavy atom. The molecule has 0 aliphatic heterocycles. The maximum atomic E-state index is 11.5. The van der Waals surface area contributed by atoms with Gasteiger partial charge in [-0.1, -0.05) is 36.0 Å². The summed E-state index contributed by atoms with van der Waals surface area (Å²) in [5.74, 6) is -0.00439. The highest BCUT2D eigenvalue weighted by Crippen LogP contribution is 2.09. The Morgan fingerprint density at radius 3 is 2.59 bits per heavy atom. The van der Waals surface area contributed by atoms with E-state index in [4.69, 9.17) is 29.6 Å². The molecule has 0 aliphatic rings. The van der Waals surface area contributed by atoms with Crippen molar-refractivity contribution >= 4 is 34.7 Å². The summed E-state index contributed by atoms with van der Waals surface area (Å²) < 4.78 is 0. The molecule has 0 radical (unpaired) electrons. The fourth-order valence-electron chi connectivity index (χ4n) is 1.34. The summed E-state index contributed by atoms with van der Waals surface area (Å²) in [6.45, 7) is 0.601. The van der Waals surface area contributed by atoms with E-state index in [0.717, 1.165) is 12.0 Å². The average molecular weight is 271 g/mol. The highest BCUT2D eigenvalue weighted by molar-refractivity contribution is 7.80. The van der Waals surface area contributed by atoms with Crippen molar-refractivity contribution in [3.63, 3.8) is 0 Å². The number of benzene rings is 1. The van der Waals surface area contributed by atoms with Gasteiger partial charge >= 0.3 is 0 Å². The van der Waals surface area contributed by atoms with Gasteiger partial charge in [-0.3, -0.25) is 4.79 Å². The van der Waals surface area contributed by atoms with E-state index in [0.29, 0.717) is 29.4 Å². The van der Waals surface area contributed by atoms with Gasteiger partial charge in [-0.25, -0.2) is 0 Å². The SMILES string of the molecule is NC(=S)CCCNC(=O)Cc1ccc(Cl)cc1. The van der Waals surface area contributed by atoms with E-state index in [1.165, 1.54) is 0 Å². The minimum absolute atomic E-state index is 0.00439. The van der Waals surface area contributed by atoms with Crippen LogP contribution in [0.5, 0.6) is 0 Å². The molecule has 1 rings (SSSR count). The van der Waals surface area contributed by atoms with Crippen LogP contribution in [0.15, 0.2) is 24.3 Å². The van der Waals surface area contributed by atoms with Crippen molar-refractivity contribution in [3.05, 3.63) is 34.9 Å². The number of thiocarbonyl (C=S) groups is 1. The van der Waals surface area contributed by atoms with Gasteiger partial charge < -0.3 is 11.1 Å². The van der Waals surface area contributed by atoms with Crippen molar-refractivity contribution in [2.75, 3.05) is 6.54 Å². The molecule has 92 valence electrons. The van der Waals surface area contributed by atoms with Crippen LogP contribution < -0.4 is 11.1 Å². The first-order chi connectivity index (χ1) is 8.08. The Labute approximate surface area is 111 Å². The van der Waals surface area contributed by atoms with Crippen LogP contribution in [0.3, 0.4) is 0 Å². The van der Waals surface area contributed by atoms with Crippen molar-refractivity contribution in [1.29, 1.82) is 0 Å². The summed E-state index contributed by atoms with van der Waals surface area (Å²) in [7, 11) is 0. The van der Waals surface area contributed by atoms with E-state index < -0.39 is 0 Å². The molecule has 1 aromatic rings. The number of hydrogen-bond donors (Lipinski definition) is 2. The number of hydrogen-bond acceptors (Lipinski definition) is 2. The first-order valence-electron chi connectivity index (χ1n) is 5.37. The second-order valence-corrected chi connectivity index (χ2v) is 4.68. The maximum absolute atomic E-state index is 11.5. The molecule has 0 unspecified atom stereocenters. The van der Waals surface area contributed by atoms with Crippen molar-refractivity contribution in [3.8, 4) is 0 Å².